The van der Waals surface area contributed by atoms with Gasteiger partial charge in [-0.05, 0) is 55.8 Å². The second kappa shape index (κ2) is 14.2. The van der Waals surface area contributed by atoms with E-state index in [9.17, 15) is 0 Å². The van der Waals surface area contributed by atoms with E-state index in [-0.39, 0.29) is 32.5 Å². The van der Waals surface area contributed by atoms with Gasteiger partial charge in [-0.1, -0.05) is 23.7 Å². The fraction of sp³-hybridized carbons (Fsp3) is 0.714. The summed E-state index contributed by atoms with van der Waals surface area (Å²) in [6.45, 7) is 5.28. The number of piperidine rings is 1. The third-order valence-corrected chi connectivity index (χ3v) is 7.18. The number of hydrogen-bond acceptors (Lipinski definition) is 5. The smallest absolute Gasteiger partial charge is 0.0406 e. The van der Waals surface area contributed by atoms with E-state index >= 15 is 0 Å². The quantitative estimate of drug-likeness (QED) is 0.295. The standard InChI is InChI=1S/C21H34ClN3S2.ClH.Tc/c1-24-18-6-7-21(24)20(15-25(11-13-27)10-8-23-9-12-26)19(14-18)16-2-4-17(22)5-3-16;;/h2-5,18-21,23,26-27H,6-15H2,1H3;1H;/t18-,19+,20-,21+;;/m0../s1/i;;1+1. The molecule has 2 saturated heterocycles. The Bertz CT molecular complexity index is 582. The molecule has 1 aromatic rings. The van der Waals surface area contributed by atoms with Gasteiger partial charge in [-0.2, -0.15) is 25.3 Å². The molecule has 1 N–H and O–H groups in total. The summed E-state index contributed by atoms with van der Waals surface area (Å²) < 4.78 is 0. The first-order valence-electron chi connectivity index (χ1n) is 10.3. The van der Waals surface area contributed by atoms with Crippen molar-refractivity contribution in [2.75, 3.05) is 51.3 Å². The van der Waals surface area contributed by atoms with Gasteiger partial charge >= 0.3 is 0 Å². The number of nitrogens with one attached hydrogen (secondary N) is 1. The largest absolute Gasteiger partial charge is 0.315 e. The molecule has 0 amide bonds. The van der Waals surface area contributed by atoms with Crippen LogP contribution in [0.15, 0.2) is 24.3 Å². The SMILES string of the molecule is CN1[C@H]2CC[C@@H]1[C@@H](CN(CCS)CCNCCS)[C@@H](c1ccc(Cl)cc1)C2.Cl.[99Tc]. The minimum atomic E-state index is 0. The van der Waals surface area contributed by atoms with Crippen LogP contribution in [0.2, 0.25) is 5.02 Å². The van der Waals surface area contributed by atoms with Crippen molar-refractivity contribution >= 4 is 49.3 Å². The zero-order chi connectivity index (χ0) is 19.2. The van der Waals surface area contributed by atoms with E-state index in [2.05, 4.69) is 71.7 Å². The van der Waals surface area contributed by atoms with E-state index < -0.39 is 0 Å². The van der Waals surface area contributed by atoms with Crippen LogP contribution in [0, 0.1) is 5.92 Å². The number of halogens is 2. The van der Waals surface area contributed by atoms with E-state index in [1.807, 2.05) is 0 Å². The first-order chi connectivity index (χ1) is 13.1. The second-order valence-corrected chi connectivity index (χ2v) is 9.35. The van der Waals surface area contributed by atoms with Gasteiger partial charge < -0.3 is 15.1 Å². The Morgan fingerprint density at radius 3 is 2.48 bits per heavy atom. The van der Waals surface area contributed by atoms with Crippen molar-refractivity contribution in [1.82, 2.24) is 15.1 Å². The summed E-state index contributed by atoms with van der Waals surface area (Å²) in [5, 5.41) is 4.32. The summed E-state index contributed by atoms with van der Waals surface area (Å²) in [7, 11) is 2.34. The van der Waals surface area contributed by atoms with E-state index in [1.165, 1.54) is 24.8 Å². The van der Waals surface area contributed by atoms with Crippen LogP contribution in [0.25, 0.3) is 0 Å². The first-order valence-corrected chi connectivity index (χ1v) is 11.9. The zero-order valence-electron chi connectivity index (χ0n) is 17.1. The number of thiol groups is 2. The Hall–Kier alpha value is 1.03. The average Bonchev–Trinajstić information content (AvgIpc) is 2.91. The number of rotatable bonds is 10. The van der Waals surface area contributed by atoms with Crippen molar-refractivity contribution in [3.05, 3.63) is 34.9 Å². The summed E-state index contributed by atoms with van der Waals surface area (Å²) in [6, 6.07) is 10.0. The predicted octanol–water partition coefficient (Wildman–Crippen LogP) is 4.08. The summed E-state index contributed by atoms with van der Waals surface area (Å²) in [6.07, 6.45) is 3.95. The van der Waals surface area contributed by atoms with Crippen molar-refractivity contribution in [3.63, 3.8) is 0 Å². The number of nitrogens with zero attached hydrogens (tertiary/aromatic N) is 2. The molecule has 3 rings (SSSR count). The summed E-state index contributed by atoms with van der Waals surface area (Å²) >= 11 is 15.0. The van der Waals surface area contributed by atoms with Crippen LogP contribution in [0.1, 0.15) is 30.7 Å². The van der Waals surface area contributed by atoms with Crippen LogP contribution >= 0.6 is 49.3 Å². The molecule has 29 heavy (non-hydrogen) atoms. The minimum Gasteiger partial charge on any atom is -0.315 e. The Labute approximate surface area is 212 Å². The number of hydrogen-bond donors (Lipinski definition) is 3. The molecule has 4 atom stereocenters. The molecule has 0 aliphatic carbocycles. The molecule has 1 radical (unpaired) electrons. The van der Waals surface area contributed by atoms with E-state index in [1.54, 1.807) is 0 Å². The molecule has 2 fully saturated rings. The van der Waals surface area contributed by atoms with Gasteiger partial charge in [-0.3, -0.25) is 0 Å². The summed E-state index contributed by atoms with van der Waals surface area (Å²) in [5.41, 5.74) is 1.47. The van der Waals surface area contributed by atoms with Crippen molar-refractivity contribution in [1.29, 1.82) is 0 Å². The zero-order valence-corrected chi connectivity index (χ0v) is 22.4. The molecular formula is C21H35Cl2N3S2Tc. The van der Waals surface area contributed by atoms with E-state index in [4.69, 9.17) is 11.6 Å². The molecule has 2 heterocycles. The van der Waals surface area contributed by atoms with Gasteiger partial charge in [0.2, 0.25) is 0 Å². The molecule has 167 valence electrons. The van der Waals surface area contributed by atoms with Crippen molar-refractivity contribution in [2.24, 2.45) is 5.92 Å². The maximum Gasteiger partial charge on any atom is 0.0406 e. The van der Waals surface area contributed by atoms with Crippen molar-refractivity contribution < 1.29 is 20.1 Å². The molecule has 0 unspecified atom stereocenters. The van der Waals surface area contributed by atoms with Gasteiger partial charge in [0.25, 0.3) is 0 Å². The third kappa shape index (κ3) is 7.54. The number of benzene rings is 1. The predicted molar refractivity (Wildman–Crippen MR) is 131 cm³/mol. The number of fused-ring (bicyclic) bond motifs is 2. The topological polar surface area (TPSA) is 18.5 Å². The molecule has 8 heteroatoms. The fourth-order valence-corrected chi connectivity index (χ4v) is 5.66. The maximum absolute atomic E-state index is 6.15. The maximum atomic E-state index is 6.15. The molecule has 0 aromatic heterocycles. The summed E-state index contributed by atoms with van der Waals surface area (Å²) in [4.78, 5) is 5.27. The van der Waals surface area contributed by atoms with Gasteiger partial charge in [0.05, 0.1) is 0 Å². The third-order valence-electron chi connectivity index (χ3n) is 6.51. The van der Waals surface area contributed by atoms with Crippen LogP contribution in [0.5, 0.6) is 0 Å². The normalized spacial score (nSPS) is 26.2. The second-order valence-electron chi connectivity index (χ2n) is 8.02. The first kappa shape index (κ1) is 28.1. The van der Waals surface area contributed by atoms with Crippen LogP contribution in [-0.2, 0) is 20.1 Å². The van der Waals surface area contributed by atoms with Crippen LogP contribution in [-0.4, -0.2) is 73.2 Å². The van der Waals surface area contributed by atoms with E-state index in [0.717, 1.165) is 55.3 Å². The molecule has 0 saturated carbocycles. The molecule has 2 aliphatic rings. The molecule has 1 aromatic carbocycles. The molecule has 0 spiro atoms. The molecule has 2 aliphatic heterocycles. The Balaban J connectivity index is 0.00000210. The Morgan fingerprint density at radius 1 is 1.10 bits per heavy atom. The molecular weight excluding hydrogens is 528 g/mol. The molecule has 3 nitrogen and oxygen atoms in total. The molecule has 2 bridgehead atoms. The Kier molecular flexibility index (Phi) is 13.8. The fourth-order valence-electron chi connectivity index (χ4n) is 5.09. The van der Waals surface area contributed by atoms with Gasteiger partial charge in [0.15, 0.2) is 0 Å². The van der Waals surface area contributed by atoms with Gasteiger partial charge in [0, 0.05) is 81.4 Å². The average molecular weight is 563 g/mol. The minimum absolute atomic E-state index is 0. The van der Waals surface area contributed by atoms with Crippen LogP contribution in [0.4, 0.5) is 0 Å². The van der Waals surface area contributed by atoms with Crippen LogP contribution in [0.3, 0.4) is 0 Å². The van der Waals surface area contributed by atoms with Crippen molar-refractivity contribution in [2.45, 2.75) is 37.3 Å². The van der Waals surface area contributed by atoms with Gasteiger partial charge in [-0.15, -0.1) is 12.4 Å². The Morgan fingerprint density at radius 2 is 1.83 bits per heavy atom. The monoisotopic (exact) mass is 562 g/mol. The van der Waals surface area contributed by atoms with E-state index in [0.29, 0.717) is 17.9 Å². The van der Waals surface area contributed by atoms with Gasteiger partial charge in [0.1, 0.15) is 0 Å². The van der Waals surface area contributed by atoms with Gasteiger partial charge in [-0.25, -0.2) is 0 Å². The van der Waals surface area contributed by atoms with Crippen LogP contribution < -0.4 is 5.32 Å². The van der Waals surface area contributed by atoms with Crippen molar-refractivity contribution in [3.8, 4) is 0 Å². The summed E-state index contributed by atoms with van der Waals surface area (Å²) in [5.74, 6) is 3.10.